The number of hydrogen-bond donors (Lipinski definition) is 0. The molecular weight excluding hydrogens is 410 g/mol. The first kappa shape index (κ1) is 20.0. The van der Waals surface area contributed by atoms with Gasteiger partial charge < -0.3 is 9.64 Å². The van der Waals surface area contributed by atoms with Crippen LogP contribution in [0.25, 0.3) is 11.3 Å². The summed E-state index contributed by atoms with van der Waals surface area (Å²) in [6.45, 7) is 5.25. The van der Waals surface area contributed by atoms with Crippen LogP contribution in [-0.4, -0.2) is 40.0 Å². The third-order valence-electron chi connectivity index (χ3n) is 6.27. The molecule has 6 heteroatoms. The number of halogens is 1. The van der Waals surface area contributed by atoms with Gasteiger partial charge in [0.2, 0.25) is 0 Å². The Morgan fingerprint density at radius 2 is 2.06 bits per heavy atom. The summed E-state index contributed by atoms with van der Waals surface area (Å²) in [5.41, 5.74) is 6.53. The molecule has 1 atom stereocenters. The molecular formula is C25H24ClN3O2. The first-order valence-corrected chi connectivity index (χ1v) is 11.0. The van der Waals surface area contributed by atoms with Crippen LogP contribution in [0, 0.1) is 13.8 Å². The quantitative estimate of drug-likeness (QED) is 0.583. The van der Waals surface area contributed by atoms with Gasteiger partial charge >= 0.3 is 0 Å². The summed E-state index contributed by atoms with van der Waals surface area (Å²) in [4.78, 5) is 24.0. The fourth-order valence-electron chi connectivity index (χ4n) is 4.50. The number of carbonyl (C=O) groups excluding carboxylic acids is 1. The zero-order valence-corrected chi connectivity index (χ0v) is 18.4. The van der Waals surface area contributed by atoms with Gasteiger partial charge in [-0.1, -0.05) is 17.7 Å². The van der Waals surface area contributed by atoms with E-state index in [9.17, 15) is 4.79 Å². The highest BCUT2D eigenvalue weighted by atomic mass is 35.5. The molecule has 0 bridgehead atoms. The van der Waals surface area contributed by atoms with Gasteiger partial charge in [0.1, 0.15) is 6.61 Å². The Balaban J connectivity index is 1.45. The van der Waals surface area contributed by atoms with Gasteiger partial charge in [0, 0.05) is 30.2 Å². The summed E-state index contributed by atoms with van der Waals surface area (Å²) in [6, 6.07) is 10.2. The topological polar surface area (TPSA) is 55.3 Å². The van der Waals surface area contributed by atoms with Gasteiger partial charge in [0.25, 0.3) is 5.91 Å². The Morgan fingerprint density at radius 1 is 1.19 bits per heavy atom. The molecule has 0 unspecified atom stereocenters. The van der Waals surface area contributed by atoms with Crippen molar-refractivity contribution in [3.05, 3.63) is 75.7 Å². The van der Waals surface area contributed by atoms with Gasteiger partial charge in [0.05, 0.1) is 22.3 Å². The lowest BCUT2D eigenvalue weighted by Crippen LogP contribution is -2.36. The van der Waals surface area contributed by atoms with Crippen molar-refractivity contribution in [3.63, 3.8) is 0 Å². The van der Waals surface area contributed by atoms with E-state index in [0.29, 0.717) is 29.4 Å². The number of pyridine rings is 2. The standard InChI is InChI=1S/C25H24ClN3O2/c1-15-10-18(7-8-27-15)22-6-5-17(13-28-22)11-19-12-21-24(23(26)16(19)2)31-14-20-4-3-9-29(20)25(21)30/h5-8,10,12-13,20H,3-4,9,11,14H2,1-2H3/t20-/m1/s1. The van der Waals surface area contributed by atoms with Crippen molar-refractivity contribution in [2.24, 2.45) is 0 Å². The summed E-state index contributed by atoms with van der Waals surface area (Å²) < 4.78 is 6.01. The molecule has 2 aliphatic heterocycles. The van der Waals surface area contributed by atoms with Crippen LogP contribution >= 0.6 is 11.6 Å². The molecule has 4 heterocycles. The largest absolute Gasteiger partial charge is 0.489 e. The van der Waals surface area contributed by atoms with E-state index in [4.69, 9.17) is 16.3 Å². The molecule has 31 heavy (non-hydrogen) atoms. The monoisotopic (exact) mass is 433 g/mol. The molecule has 1 fully saturated rings. The van der Waals surface area contributed by atoms with Crippen molar-refractivity contribution in [1.82, 2.24) is 14.9 Å². The van der Waals surface area contributed by atoms with Crippen molar-refractivity contribution in [2.75, 3.05) is 13.2 Å². The number of hydrogen-bond acceptors (Lipinski definition) is 4. The number of nitrogens with zero attached hydrogens (tertiary/aromatic N) is 3. The molecule has 0 saturated carbocycles. The van der Waals surface area contributed by atoms with E-state index >= 15 is 0 Å². The van der Waals surface area contributed by atoms with Gasteiger partial charge in [-0.05, 0) is 74.1 Å². The maximum Gasteiger partial charge on any atom is 0.258 e. The average molecular weight is 434 g/mol. The molecule has 0 spiro atoms. The Bertz CT molecular complexity index is 1160. The second-order valence-corrected chi connectivity index (χ2v) is 8.75. The minimum atomic E-state index is 0.0275. The molecule has 1 aromatic carbocycles. The Hall–Kier alpha value is -2.92. The summed E-state index contributed by atoms with van der Waals surface area (Å²) in [5, 5.41) is 0.541. The number of aromatic nitrogens is 2. The van der Waals surface area contributed by atoms with Crippen LogP contribution in [0.2, 0.25) is 5.02 Å². The minimum absolute atomic E-state index is 0.0275. The van der Waals surface area contributed by atoms with E-state index in [1.54, 1.807) is 6.20 Å². The molecule has 0 aliphatic carbocycles. The Kier molecular flexibility index (Phi) is 5.14. The van der Waals surface area contributed by atoms with Crippen LogP contribution in [0.15, 0.2) is 42.7 Å². The first-order chi connectivity index (χ1) is 15.0. The van der Waals surface area contributed by atoms with Gasteiger partial charge in [0.15, 0.2) is 5.75 Å². The lowest BCUT2D eigenvalue weighted by atomic mass is 9.97. The molecule has 0 radical (unpaired) electrons. The van der Waals surface area contributed by atoms with Gasteiger partial charge in [-0.3, -0.25) is 14.8 Å². The van der Waals surface area contributed by atoms with Crippen molar-refractivity contribution >= 4 is 17.5 Å². The smallest absolute Gasteiger partial charge is 0.258 e. The normalized spacial score (nSPS) is 17.7. The number of benzene rings is 1. The van der Waals surface area contributed by atoms with Crippen LogP contribution in [0.4, 0.5) is 0 Å². The number of carbonyl (C=O) groups is 1. The molecule has 158 valence electrons. The summed E-state index contributed by atoms with van der Waals surface area (Å²) in [7, 11) is 0. The second kappa shape index (κ2) is 7.97. The average Bonchev–Trinajstić information content (AvgIpc) is 3.20. The van der Waals surface area contributed by atoms with E-state index in [1.807, 2.05) is 49.2 Å². The summed E-state index contributed by atoms with van der Waals surface area (Å²) in [6.07, 6.45) is 6.34. The van der Waals surface area contributed by atoms with Gasteiger partial charge in [-0.2, -0.15) is 0 Å². The summed E-state index contributed by atoms with van der Waals surface area (Å²) >= 11 is 6.68. The third kappa shape index (κ3) is 3.68. The van der Waals surface area contributed by atoms with E-state index in [2.05, 4.69) is 16.0 Å². The second-order valence-electron chi connectivity index (χ2n) is 8.37. The molecule has 1 amide bonds. The summed E-state index contributed by atoms with van der Waals surface area (Å²) in [5.74, 6) is 0.559. The number of amides is 1. The van der Waals surface area contributed by atoms with Crippen LogP contribution in [0.3, 0.4) is 0 Å². The van der Waals surface area contributed by atoms with Crippen LogP contribution in [-0.2, 0) is 6.42 Å². The predicted octanol–water partition coefficient (Wildman–Crippen LogP) is 5.00. The number of ether oxygens (including phenoxy) is 1. The van der Waals surface area contributed by atoms with Crippen LogP contribution in [0.1, 0.15) is 45.6 Å². The highest BCUT2D eigenvalue weighted by Gasteiger charge is 2.35. The van der Waals surface area contributed by atoms with Crippen LogP contribution in [0.5, 0.6) is 5.75 Å². The fourth-order valence-corrected chi connectivity index (χ4v) is 4.77. The third-order valence-corrected chi connectivity index (χ3v) is 6.73. The maximum absolute atomic E-state index is 13.2. The van der Waals surface area contributed by atoms with E-state index in [0.717, 1.165) is 53.0 Å². The molecule has 5 rings (SSSR count). The molecule has 5 nitrogen and oxygen atoms in total. The van der Waals surface area contributed by atoms with Gasteiger partial charge in [-0.25, -0.2) is 0 Å². The minimum Gasteiger partial charge on any atom is -0.489 e. The lowest BCUT2D eigenvalue weighted by molar-refractivity contribution is 0.0726. The number of aryl methyl sites for hydroxylation is 1. The Labute approximate surface area is 187 Å². The van der Waals surface area contributed by atoms with Crippen molar-refractivity contribution in [3.8, 4) is 17.0 Å². The van der Waals surface area contributed by atoms with E-state index in [1.165, 1.54) is 0 Å². The molecule has 3 aromatic rings. The lowest BCUT2D eigenvalue weighted by Gasteiger charge is -2.20. The van der Waals surface area contributed by atoms with Crippen LogP contribution < -0.4 is 4.74 Å². The van der Waals surface area contributed by atoms with Crippen molar-refractivity contribution in [2.45, 2.75) is 39.2 Å². The predicted molar refractivity (Wildman–Crippen MR) is 121 cm³/mol. The molecule has 1 saturated heterocycles. The molecule has 2 aromatic heterocycles. The van der Waals surface area contributed by atoms with Gasteiger partial charge in [-0.15, -0.1) is 0 Å². The van der Waals surface area contributed by atoms with Crippen molar-refractivity contribution < 1.29 is 9.53 Å². The first-order valence-electron chi connectivity index (χ1n) is 10.6. The Morgan fingerprint density at radius 3 is 2.84 bits per heavy atom. The molecule has 0 N–H and O–H groups in total. The zero-order valence-electron chi connectivity index (χ0n) is 17.7. The highest BCUT2D eigenvalue weighted by molar-refractivity contribution is 6.33. The highest BCUT2D eigenvalue weighted by Crippen LogP contribution is 2.39. The van der Waals surface area contributed by atoms with Crippen molar-refractivity contribution in [1.29, 1.82) is 0 Å². The number of fused-ring (bicyclic) bond motifs is 2. The number of rotatable bonds is 3. The SMILES string of the molecule is Cc1cc(-c2ccc(Cc3cc4c(c(Cl)c3C)OC[C@H]3CCCN3C4=O)cn2)ccn1. The molecule has 2 aliphatic rings. The maximum atomic E-state index is 13.2. The van der Waals surface area contributed by atoms with E-state index < -0.39 is 0 Å². The zero-order chi connectivity index (χ0) is 21.5. The fraction of sp³-hybridized carbons (Fsp3) is 0.320. The van der Waals surface area contributed by atoms with E-state index in [-0.39, 0.29) is 11.9 Å².